The Hall–Kier alpha value is -0.870. The fourth-order valence-corrected chi connectivity index (χ4v) is 4.37. The van der Waals surface area contributed by atoms with Crippen LogP contribution in [-0.2, 0) is 10.0 Å². The summed E-state index contributed by atoms with van der Waals surface area (Å²) in [5.41, 5.74) is 1.09. The van der Waals surface area contributed by atoms with Crippen molar-refractivity contribution in [1.29, 1.82) is 0 Å². The van der Waals surface area contributed by atoms with Gasteiger partial charge < -0.3 is 0 Å². The van der Waals surface area contributed by atoms with E-state index in [1.165, 1.54) is 25.7 Å². The zero-order valence-corrected chi connectivity index (χ0v) is 13.9. The molecule has 0 N–H and O–H groups in total. The highest BCUT2D eigenvalue weighted by molar-refractivity contribution is 7.89. The van der Waals surface area contributed by atoms with Crippen LogP contribution in [0.2, 0.25) is 0 Å². The van der Waals surface area contributed by atoms with Gasteiger partial charge in [-0.1, -0.05) is 56.2 Å². The number of hydrogen-bond acceptors (Lipinski definition) is 2. The third kappa shape index (κ3) is 4.82. The third-order valence-corrected chi connectivity index (χ3v) is 6.14. The van der Waals surface area contributed by atoms with Crippen LogP contribution in [0.4, 0.5) is 0 Å². The van der Waals surface area contributed by atoms with Gasteiger partial charge in [-0.05, 0) is 31.9 Å². The van der Waals surface area contributed by atoms with Crippen molar-refractivity contribution in [1.82, 2.24) is 4.31 Å². The van der Waals surface area contributed by atoms with E-state index >= 15 is 0 Å². The normalized spacial score (nSPS) is 19.9. The average molecular weight is 309 g/mol. The number of benzene rings is 1. The van der Waals surface area contributed by atoms with Crippen LogP contribution in [0.15, 0.2) is 29.2 Å². The molecular formula is C17H27NO2S. The van der Waals surface area contributed by atoms with Crippen molar-refractivity contribution < 1.29 is 8.42 Å². The van der Waals surface area contributed by atoms with Crippen molar-refractivity contribution in [2.45, 2.75) is 63.2 Å². The Bertz CT molecular complexity index is 510. The molecule has 1 aliphatic rings. The van der Waals surface area contributed by atoms with E-state index in [0.717, 1.165) is 31.2 Å². The molecule has 1 aromatic carbocycles. The van der Waals surface area contributed by atoms with E-state index in [1.54, 1.807) is 16.4 Å². The highest BCUT2D eigenvalue weighted by atomic mass is 32.2. The first-order valence-corrected chi connectivity index (χ1v) is 9.61. The van der Waals surface area contributed by atoms with E-state index in [2.05, 4.69) is 0 Å². The highest BCUT2D eigenvalue weighted by Gasteiger charge is 2.23. The maximum atomic E-state index is 12.8. The Balaban J connectivity index is 2.12. The van der Waals surface area contributed by atoms with Crippen LogP contribution >= 0.6 is 0 Å². The first kappa shape index (κ1) is 16.5. The highest BCUT2D eigenvalue weighted by Crippen LogP contribution is 2.20. The average Bonchev–Trinajstić information content (AvgIpc) is 2.53. The van der Waals surface area contributed by atoms with Gasteiger partial charge in [0.2, 0.25) is 10.0 Å². The minimum absolute atomic E-state index is 0.433. The molecule has 1 aromatic rings. The lowest BCUT2D eigenvalue weighted by molar-refractivity contribution is 0.391. The van der Waals surface area contributed by atoms with Crippen LogP contribution in [0.1, 0.15) is 56.9 Å². The molecule has 0 atom stereocenters. The Morgan fingerprint density at radius 2 is 1.19 bits per heavy atom. The zero-order chi connectivity index (χ0) is 15.1. The molecule has 1 heterocycles. The lowest BCUT2D eigenvalue weighted by Gasteiger charge is -2.22. The van der Waals surface area contributed by atoms with Crippen LogP contribution in [0.5, 0.6) is 0 Å². The smallest absolute Gasteiger partial charge is 0.207 e. The second-order valence-electron chi connectivity index (χ2n) is 6.05. The van der Waals surface area contributed by atoms with Gasteiger partial charge in [-0.25, -0.2) is 8.42 Å². The molecule has 0 aromatic heterocycles. The molecule has 0 spiro atoms. The molecule has 0 aliphatic carbocycles. The van der Waals surface area contributed by atoms with Gasteiger partial charge in [-0.3, -0.25) is 0 Å². The first-order valence-electron chi connectivity index (χ1n) is 8.17. The predicted molar refractivity (Wildman–Crippen MR) is 86.9 cm³/mol. The minimum Gasteiger partial charge on any atom is -0.207 e. The third-order valence-electron chi connectivity index (χ3n) is 4.22. The number of sulfonamides is 1. The van der Waals surface area contributed by atoms with Crippen molar-refractivity contribution in [2.75, 3.05) is 13.1 Å². The Morgan fingerprint density at radius 3 is 1.67 bits per heavy atom. The van der Waals surface area contributed by atoms with E-state index in [4.69, 9.17) is 0 Å². The lowest BCUT2D eigenvalue weighted by atomic mass is 10.1. The molecule has 0 unspecified atom stereocenters. The van der Waals surface area contributed by atoms with E-state index in [0.29, 0.717) is 18.0 Å². The van der Waals surface area contributed by atoms with Gasteiger partial charge in [-0.2, -0.15) is 4.31 Å². The molecule has 1 fully saturated rings. The number of nitrogens with zero attached hydrogens (tertiary/aromatic N) is 1. The van der Waals surface area contributed by atoms with Gasteiger partial charge in [0.15, 0.2) is 0 Å². The summed E-state index contributed by atoms with van der Waals surface area (Å²) >= 11 is 0. The van der Waals surface area contributed by atoms with Crippen molar-refractivity contribution >= 4 is 10.0 Å². The van der Waals surface area contributed by atoms with Crippen molar-refractivity contribution in [3.8, 4) is 0 Å². The Kier molecular flexibility index (Phi) is 6.24. The summed E-state index contributed by atoms with van der Waals surface area (Å²) < 4.78 is 27.2. The van der Waals surface area contributed by atoms with E-state index in [9.17, 15) is 8.42 Å². The molecule has 0 amide bonds. The monoisotopic (exact) mass is 309 g/mol. The topological polar surface area (TPSA) is 37.4 Å². The summed E-state index contributed by atoms with van der Waals surface area (Å²) in [5.74, 6) is 0. The fraction of sp³-hybridized carbons (Fsp3) is 0.647. The van der Waals surface area contributed by atoms with Crippen LogP contribution in [0.3, 0.4) is 0 Å². The van der Waals surface area contributed by atoms with Crippen LogP contribution in [-0.4, -0.2) is 25.8 Å². The summed E-state index contributed by atoms with van der Waals surface area (Å²) in [5, 5.41) is 0. The minimum atomic E-state index is -3.33. The van der Waals surface area contributed by atoms with E-state index < -0.39 is 10.0 Å². The van der Waals surface area contributed by atoms with Gasteiger partial charge in [0.05, 0.1) is 4.90 Å². The molecule has 1 saturated heterocycles. The van der Waals surface area contributed by atoms with E-state index in [-0.39, 0.29) is 0 Å². The molecule has 4 heteroatoms. The molecule has 21 heavy (non-hydrogen) atoms. The fourth-order valence-electron chi connectivity index (χ4n) is 2.85. The summed E-state index contributed by atoms with van der Waals surface area (Å²) in [6.45, 7) is 3.30. The summed E-state index contributed by atoms with van der Waals surface area (Å²) in [6, 6.07) is 7.21. The lowest BCUT2D eigenvalue weighted by Crippen LogP contribution is -2.33. The molecule has 0 radical (unpaired) electrons. The van der Waals surface area contributed by atoms with Crippen molar-refractivity contribution in [3.05, 3.63) is 29.8 Å². The molecule has 2 rings (SSSR count). The standard InChI is InChI=1S/C17H27NO2S/c1-16-10-12-17(13-11-16)21(19,20)18-14-8-6-4-2-3-5-7-9-15-18/h10-13H,2-9,14-15H2,1H3. The largest absolute Gasteiger partial charge is 0.243 e. The maximum Gasteiger partial charge on any atom is 0.243 e. The summed E-state index contributed by atoms with van der Waals surface area (Å²) in [4.78, 5) is 0.433. The second-order valence-corrected chi connectivity index (χ2v) is 7.98. The SMILES string of the molecule is Cc1ccc(S(=O)(=O)N2CCCCCCCCCC2)cc1. The van der Waals surface area contributed by atoms with Gasteiger partial charge in [-0.15, -0.1) is 0 Å². The zero-order valence-electron chi connectivity index (χ0n) is 13.1. The second kappa shape index (κ2) is 7.95. The van der Waals surface area contributed by atoms with Crippen molar-refractivity contribution in [2.24, 2.45) is 0 Å². The van der Waals surface area contributed by atoms with E-state index in [1.807, 2.05) is 19.1 Å². The van der Waals surface area contributed by atoms with Crippen molar-refractivity contribution in [3.63, 3.8) is 0 Å². The molecule has 3 nitrogen and oxygen atoms in total. The van der Waals surface area contributed by atoms with Crippen LogP contribution in [0.25, 0.3) is 0 Å². The quantitative estimate of drug-likeness (QED) is 0.824. The van der Waals surface area contributed by atoms with Crippen LogP contribution < -0.4 is 0 Å². The Morgan fingerprint density at radius 1 is 0.762 bits per heavy atom. The predicted octanol–water partition coefficient (Wildman–Crippen LogP) is 4.12. The summed E-state index contributed by atoms with van der Waals surface area (Å²) in [6.07, 6.45) is 9.29. The molecule has 1 aliphatic heterocycles. The van der Waals surface area contributed by atoms with Crippen LogP contribution in [0, 0.1) is 6.92 Å². The first-order chi connectivity index (χ1) is 10.1. The molecule has 0 saturated carbocycles. The number of aryl methyl sites for hydroxylation is 1. The molecular weight excluding hydrogens is 282 g/mol. The number of rotatable bonds is 2. The summed E-state index contributed by atoms with van der Waals surface area (Å²) in [7, 11) is -3.33. The van der Waals surface area contributed by atoms with Gasteiger partial charge in [0.1, 0.15) is 0 Å². The van der Waals surface area contributed by atoms with Gasteiger partial charge in [0.25, 0.3) is 0 Å². The molecule has 118 valence electrons. The molecule has 0 bridgehead atoms. The number of hydrogen-bond donors (Lipinski definition) is 0. The maximum absolute atomic E-state index is 12.8. The van der Waals surface area contributed by atoms with Gasteiger partial charge >= 0.3 is 0 Å². The Labute approximate surface area is 129 Å². The van der Waals surface area contributed by atoms with Gasteiger partial charge in [0, 0.05) is 13.1 Å².